The normalized spacial score (nSPS) is 10.5. The molecule has 0 spiro atoms. The Morgan fingerprint density at radius 3 is 3.05 bits per heavy atom. The standard InChI is InChI=1S/C13H11N5O/c14-12-10(2-1-5-15-12)13(19)17-9-4-3-8-7-16-18-11(8)6-9/h1-7H,(H2,14,15)(H,16,18)(H,17,19). The Bertz CT molecular complexity index is 749. The Labute approximate surface area is 108 Å². The molecule has 6 nitrogen and oxygen atoms in total. The number of anilines is 2. The number of nitrogen functional groups attached to an aromatic ring is 1. The average Bonchev–Trinajstić information content (AvgIpc) is 2.86. The highest BCUT2D eigenvalue weighted by Crippen LogP contribution is 2.18. The van der Waals surface area contributed by atoms with E-state index in [1.807, 2.05) is 18.2 Å². The van der Waals surface area contributed by atoms with Crippen molar-refractivity contribution >= 4 is 28.3 Å². The Balaban J connectivity index is 1.88. The first kappa shape index (κ1) is 11.2. The lowest BCUT2D eigenvalue weighted by molar-refractivity contribution is 0.102. The second kappa shape index (κ2) is 4.41. The third-order valence-electron chi connectivity index (χ3n) is 2.78. The minimum absolute atomic E-state index is 0.211. The molecule has 0 unspecified atom stereocenters. The predicted molar refractivity (Wildman–Crippen MR) is 72.7 cm³/mol. The van der Waals surface area contributed by atoms with E-state index in [9.17, 15) is 4.79 Å². The fourth-order valence-corrected chi connectivity index (χ4v) is 1.82. The number of carbonyl (C=O) groups excluding carboxylic acids is 1. The third kappa shape index (κ3) is 2.11. The molecule has 0 aliphatic heterocycles. The topological polar surface area (TPSA) is 96.7 Å². The lowest BCUT2D eigenvalue weighted by Crippen LogP contribution is -2.14. The van der Waals surface area contributed by atoms with Gasteiger partial charge in [0, 0.05) is 17.3 Å². The van der Waals surface area contributed by atoms with Gasteiger partial charge in [0.2, 0.25) is 0 Å². The van der Waals surface area contributed by atoms with E-state index >= 15 is 0 Å². The van der Waals surface area contributed by atoms with Crippen LogP contribution >= 0.6 is 0 Å². The molecule has 0 atom stereocenters. The average molecular weight is 253 g/mol. The van der Waals surface area contributed by atoms with Crippen molar-refractivity contribution in [2.75, 3.05) is 11.1 Å². The van der Waals surface area contributed by atoms with Crippen LogP contribution in [0.3, 0.4) is 0 Å². The molecule has 0 aliphatic rings. The van der Waals surface area contributed by atoms with Crippen LogP contribution < -0.4 is 11.1 Å². The van der Waals surface area contributed by atoms with Crippen molar-refractivity contribution in [2.45, 2.75) is 0 Å². The molecule has 1 aromatic carbocycles. The first-order valence-electron chi connectivity index (χ1n) is 5.69. The van der Waals surface area contributed by atoms with E-state index in [1.54, 1.807) is 24.5 Å². The van der Waals surface area contributed by atoms with Gasteiger partial charge in [0.1, 0.15) is 5.82 Å². The summed E-state index contributed by atoms with van der Waals surface area (Å²) < 4.78 is 0. The SMILES string of the molecule is Nc1ncccc1C(=O)Nc1ccc2cn[nH]c2c1. The van der Waals surface area contributed by atoms with Gasteiger partial charge in [0.05, 0.1) is 17.3 Å². The molecular weight excluding hydrogens is 242 g/mol. The molecule has 2 aromatic heterocycles. The predicted octanol–water partition coefficient (Wildman–Crippen LogP) is 1.79. The van der Waals surface area contributed by atoms with E-state index in [1.165, 1.54) is 0 Å². The van der Waals surface area contributed by atoms with Crippen molar-refractivity contribution in [1.82, 2.24) is 15.2 Å². The molecule has 0 bridgehead atoms. The number of hydrogen-bond donors (Lipinski definition) is 3. The number of nitrogens with two attached hydrogens (primary N) is 1. The minimum Gasteiger partial charge on any atom is -0.383 e. The van der Waals surface area contributed by atoms with E-state index < -0.39 is 0 Å². The zero-order valence-corrected chi connectivity index (χ0v) is 9.92. The maximum absolute atomic E-state index is 12.1. The number of nitrogens with zero attached hydrogens (tertiary/aromatic N) is 2. The molecule has 2 heterocycles. The zero-order chi connectivity index (χ0) is 13.2. The van der Waals surface area contributed by atoms with Gasteiger partial charge in [-0.2, -0.15) is 5.10 Å². The fourth-order valence-electron chi connectivity index (χ4n) is 1.82. The first-order chi connectivity index (χ1) is 9.24. The molecule has 19 heavy (non-hydrogen) atoms. The van der Waals surface area contributed by atoms with Crippen molar-refractivity contribution in [3.8, 4) is 0 Å². The summed E-state index contributed by atoms with van der Waals surface area (Å²) in [6.07, 6.45) is 3.27. The Kier molecular flexibility index (Phi) is 2.60. The molecular formula is C13H11N5O. The smallest absolute Gasteiger partial charge is 0.259 e. The van der Waals surface area contributed by atoms with E-state index in [2.05, 4.69) is 20.5 Å². The van der Waals surface area contributed by atoms with Crippen LogP contribution in [0.2, 0.25) is 0 Å². The van der Waals surface area contributed by atoms with Gasteiger partial charge in [-0.3, -0.25) is 9.89 Å². The number of H-pyrrole nitrogens is 1. The first-order valence-corrected chi connectivity index (χ1v) is 5.69. The highest BCUT2D eigenvalue weighted by atomic mass is 16.1. The van der Waals surface area contributed by atoms with Crippen molar-refractivity contribution in [3.63, 3.8) is 0 Å². The third-order valence-corrected chi connectivity index (χ3v) is 2.78. The van der Waals surface area contributed by atoms with Gasteiger partial charge in [-0.05, 0) is 30.3 Å². The van der Waals surface area contributed by atoms with E-state index in [4.69, 9.17) is 5.73 Å². The lowest BCUT2D eigenvalue weighted by Gasteiger charge is -2.06. The molecule has 0 saturated heterocycles. The van der Waals surface area contributed by atoms with Crippen molar-refractivity contribution in [3.05, 3.63) is 48.3 Å². The molecule has 4 N–H and O–H groups in total. The maximum atomic E-state index is 12.1. The van der Waals surface area contributed by atoms with Crippen molar-refractivity contribution < 1.29 is 4.79 Å². The van der Waals surface area contributed by atoms with Crippen molar-refractivity contribution in [1.29, 1.82) is 0 Å². The highest BCUT2D eigenvalue weighted by molar-refractivity contribution is 6.07. The Morgan fingerprint density at radius 1 is 1.32 bits per heavy atom. The van der Waals surface area contributed by atoms with Crippen LogP contribution in [0.5, 0.6) is 0 Å². The number of hydrogen-bond acceptors (Lipinski definition) is 4. The summed E-state index contributed by atoms with van der Waals surface area (Å²) in [7, 11) is 0. The second-order valence-corrected chi connectivity index (χ2v) is 4.06. The van der Waals surface area contributed by atoms with Crippen LogP contribution in [-0.4, -0.2) is 21.1 Å². The summed E-state index contributed by atoms with van der Waals surface area (Å²) in [4.78, 5) is 15.9. The molecule has 94 valence electrons. The molecule has 3 rings (SSSR count). The van der Waals surface area contributed by atoms with Crippen LogP contribution in [0.15, 0.2) is 42.7 Å². The van der Waals surface area contributed by atoms with Gasteiger partial charge in [-0.25, -0.2) is 4.98 Å². The van der Waals surface area contributed by atoms with Crippen LogP contribution in [-0.2, 0) is 0 Å². The number of pyridine rings is 1. The van der Waals surface area contributed by atoms with Gasteiger partial charge in [0.15, 0.2) is 0 Å². The van der Waals surface area contributed by atoms with E-state index in [0.29, 0.717) is 11.3 Å². The molecule has 3 aromatic rings. The zero-order valence-electron chi connectivity index (χ0n) is 9.92. The maximum Gasteiger partial charge on any atom is 0.259 e. The number of aromatic amines is 1. The summed E-state index contributed by atoms with van der Waals surface area (Å²) in [6.45, 7) is 0. The van der Waals surface area contributed by atoms with Gasteiger partial charge < -0.3 is 11.1 Å². The van der Waals surface area contributed by atoms with Gasteiger partial charge in [0.25, 0.3) is 5.91 Å². The van der Waals surface area contributed by atoms with Gasteiger partial charge >= 0.3 is 0 Å². The number of amides is 1. The lowest BCUT2D eigenvalue weighted by atomic mass is 10.2. The minimum atomic E-state index is -0.288. The van der Waals surface area contributed by atoms with E-state index in [0.717, 1.165) is 10.9 Å². The molecule has 1 amide bonds. The number of rotatable bonds is 2. The highest BCUT2D eigenvalue weighted by Gasteiger charge is 2.10. The molecule has 0 saturated carbocycles. The summed E-state index contributed by atoms with van der Waals surface area (Å²) in [5.41, 5.74) is 7.54. The summed E-state index contributed by atoms with van der Waals surface area (Å²) in [5, 5.41) is 10.5. The van der Waals surface area contributed by atoms with Gasteiger partial charge in [-0.15, -0.1) is 0 Å². The van der Waals surface area contributed by atoms with E-state index in [-0.39, 0.29) is 11.7 Å². The summed E-state index contributed by atoms with van der Waals surface area (Å²) in [5.74, 6) is -0.0768. The fraction of sp³-hybridized carbons (Fsp3) is 0. The monoisotopic (exact) mass is 253 g/mol. The summed E-state index contributed by atoms with van der Waals surface area (Å²) in [6, 6.07) is 8.80. The number of carbonyl (C=O) groups is 1. The Hall–Kier alpha value is -2.89. The van der Waals surface area contributed by atoms with Crippen molar-refractivity contribution in [2.24, 2.45) is 0 Å². The summed E-state index contributed by atoms with van der Waals surface area (Å²) >= 11 is 0. The number of benzene rings is 1. The molecule has 6 heteroatoms. The molecule has 0 radical (unpaired) electrons. The van der Waals surface area contributed by atoms with Crippen LogP contribution in [0, 0.1) is 0 Å². The Morgan fingerprint density at radius 2 is 2.21 bits per heavy atom. The largest absolute Gasteiger partial charge is 0.383 e. The second-order valence-electron chi connectivity index (χ2n) is 4.06. The number of nitrogens with one attached hydrogen (secondary N) is 2. The van der Waals surface area contributed by atoms with Crippen LogP contribution in [0.4, 0.5) is 11.5 Å². The number of fused-ring (bicyclic) bond motifs is 1. The van der Waals surface area contributed by atoms with Crippen LogP contribution in [0.25, 0.3) is 10.9 Å². The quantitative estimate of drug-likeness (QED) is 0.648. The van der Waals surface area contributed by atoms with Crippen LogP contribution in [0.1, 0.15) is 10.4 Å². The number of aromatic nitrogens is 3. The molecule has 0 fully saturated rings. The van der Waals surface area contributed by atoms with Gasteiger partial charge in [-0.1, -0.05) is 0 Å². The molecule has 0 aliphatic carbocycles.